The van der Waals surface area contributed by atoms with Crippen LogP contribution in [0.3, 0.4) is 0 Å². The molecule has 3 rings (SSSR count). The highest BCUT2D eigenvalue weighted by atomic mass is 16.5. The summed E-state index contributed by atoms with van der Waals surface area (Å²) in [7, 11) is 3.49. The molecule has 1 fully saturated rings. The predicted octanol–water partition coefficient (Wildman–Crippen LogP) is 2.73. The molecule has 5 nitrogen and oxygen atoms in total. The Morgan fingerprint density at radius 3 is 2.27 bits per heavy atom. The Morgan fingerprint density at radius 1 is 1.04 bits per heavy atom. The maximum absolute atomic E-state index is 12.5. The number of ether oxygens (including phenoxy) is 2. The molecule has 1 aliphatic rings. The van der Waals surface area contributed by atoms with E-state index in [2.05, 4.69) is 29.2 Å². The van der Waals surface area contributed by atoms with Crippen LogP contribution in [0.25, 0.3) is 0 Å². The summed E-state index contributed by atoms with van der Waals surface area (Å²) in [5, 5.41) is 0. The maximum atomic E-state index is 12.5. The monoisotopic (exact) mass is 354 g/mol. The van der Waals surface area contributed by atoms with Crippen molar-refractivity contribution < 1.29 is 14.3 Å². The predicted molar refractivity (Wildman–Crippen MR) is 103 cm³/mol. The van der Waals surface area contributed by atoms with Crippen molar-refractivity contribution in [1.82, 2.24) is 4.90 Å². The van der Waals surface area contributed by atoms with Gasteiger partial charge >= 0.3 is 0 Å². The Kier molecular flexibility index (Phi) is 6.12. The summed E-state index contributed by atoms with van der Waals surface area (Å²) < 4.78 is 10.5. The van der Waals surface area contributed by atoms with Gasteiger partial charge in [0.15, 0.2) is 0 Å². The lowest BCUT2D eigenvalue weighted by Crippen LogP contribution is -2.36. The molecular formula is C21H26N2O3. The molecule has 26 heavy (non-hydrogen) atoms. The van der Waals surface area contributed by atoms with Gasteiger partial charge in [0.05, 0.1) is 26.7 Å². The molecule has 0 saturated carbocycles. The molecule has 2 aromatic carbocycles. The summed E-state index contributed by atoms with van der Waals surface area (Å²) in [5.74, 6) is 0.905. The molecule has 0 radical (unpaired) electrons. The number of rotatable bonds is 6. The third-order valence-electron chi connectivity index (χ3n) is 4.67. The van der Waals surface area contributed by atoms with Gasteiger partial charge in [-0.1, -0.05) is 24.3 Å². The van der Waals surface area contributed by atoms with E-state index in [1.807, 2.05) is 31.3 Å². The molecule has 1 amide bonds. The van der Waals surface area contributed by atoms with E-state index < -0.39 is 0 Å². The summed E-state index contributed by atoms with van der Waals surface area (Å²) >= 11 is 0. The first kappa shape index (κ1) is 18.3. The van der Waals surface area contributed by atoms with E-state index in [1.165, 1.54) is 5.69 Å². The lowest BCUT2D eigenvalue weighted by Gasteiger charge is -2.29. The van der Waals surface area contributed by atoms with Gasteiger partial charge in [-0.3, -0.25) is 4.79 Å². The Morgan fingerprint density at radius 2 is 1.65 bits per heavy atom. The number of likely N-dealkylation sites (N-methyl/N-ethyl adjacent to an activating group) is 1. The smallest absolute Gasteiger partial charge is 0.227 e. The average Bonchev–Trinajstić information content (AvgIpc) is 2.70. The van der Waals surface area contributed by atoms with Crippen LogP contribution in [0.5, 0.6) is 5.75 Å². The number of hydrogen-bond acceptors (Lipinski definition) is 4. The lowest BCUT2D eigenvalue weighted by molar-refractivity contribution is -0.129. The van der Waals surface area contributed by atoms with Gasteiger partial charge in [-0.25, -0.2) is 0 Å². The normalized spacial score (nSPS) is 14.2. The molecule has 5 heteroatoms. The van der Waals surface area contributed by atoms with Crippen LogP contribution in [0.15, 0.2) is 48.5 Å². The SMILES string of the molecule is COc1ccc(CC(=O)N(C)Cc2ccc(N3CCOCC3)cc2)cc1. The van der Waals surface area contributed by atoms with Crippen LogP contribution in [0.1, 0.15) is 11.1 Å². The fourth-order valence-electron chi connectivity index (χ4n) is 3.05. The highest BCUT2D eigenvalue weighted by Gasteiger charge is 2.13. The molecule has 0 aromatic heterocycles. The zero-order valence-corrected chi connectivity index (χ0v) is 15.5. The van der Waals surface area contributed by atoms with Crippen molar-refractivity contribution in [1.29, 1.82) is 0 Å². The molecule has 0 atom stereocenters. The molecule has 1 aliphatic heterocycles. The molecule has 0 unspecified atom stereocenters. The summed E-state index contributed by atoms with van der Waals surface area (Å²) in [6.07, 6.45) is 0.395. The number of carbonyl (C=O) groups excluding carboxylic acids is 1. The van der Waals surface area contributed by atoms with Crippen LogP contribution < -0.4 is 9.64 Å². The van der Waals surface area contributed by atoms with Crippen LogP contribution in [0, 0.1) is 0 Å². The van der Waals surface area contributed by atoms with Crippen molar-refractivity contribution in [2.24, 2.45) is 0 Å². The molecule has 1 heterocycles. The largest absolute Gasteiger partial charge is 0.497 e. The first-order valence-electron chi connectivity index (χ1n) is 8.94. The second kappa shape index (κ2) is 8.72. The number of anilines is 1. The van der Waals surface area contributed by atoms with E-state index in [4.69, 9.17) is 9.47 Å². The van der Waals surface area contributed by atoms with Crippen molar-refractivity contribution in [3.63, 3.8) is 0 Å². The number of hydrogen-bond donors (Lipinski definition) is 0. The number of carbonyl (C=O) groups is 1. The van der Waals surface area contributed by atoms with Crippen molar-refractivity contribution in [3.8, 4) is 5.75 Å². The Hall–Kier alpha value is -2.53. The second-order valence-corrected chi connectivity index (χ2v) is 6.54. The minimum Gasteiger partial charge on any atom is -0.497 e. The number of amides is 1. The third-order valence-corrected chi connectivity index (χ3v) is 4.67. The third kappa shape index (κ3) is 4.76. The van der Waals surface area contributed by atoms with Crippen molar-refractivity contribution in [2.75, 3.05) is 45.4 Å². The maximum Gasteiger partial charge on any atom is 0.227 e. The van der Waals surface area contributed by atoms with Gasteiger partial charge < -0.3 is 19.3 Å². The average molecular weight is 354 g/mol. The quantitative estimate of drug-likeness (QED) is 0.800. The van der Waals surface area contributed by atoms with Gasteiger partial charge in [-0.15, -0.1) is 0 Å². The van der Waals surface area contributed by atoms with Gasteiger partial charge in [0.25, 0.3) is 0 Å². The van der Waals surface area contributed by atoms with Crippen LogP contribution in [-0.2, 0) is 22.5 Å². The number of nitrogens with zero attached hydrogens (tertiary/aromatic N) is 2. The Bertz CT molecular complexity index is 707. The zero-order chi connectivity index (χ0) is 18.4. The summed E-state index contributed by atoms with van der Waals surface area (Å²) in [6, 6.07) is 16.1. The minimum atomic E-state index is 0.104. The van der Waals surface area contributed by atoms with Gasteiger partial charge in [0.2, 0.25) is 5.91 Å². The van der Waals surface area contributed by atoms with Crippen LogP contribution >= 0.6 is 0 Å². The van der Waals surface area contributed by atoms with Crippen molar-refractivity contribution >= 4 is 11.6 Å². The number of morpholine rings is 1. The Balaban J connectivity index is 1.54. The summed E-state index contributed by atoms with van der Waals surface area (Å²) in [5.41, 5.74) is 3.34. The fourth-order valence-corrected chi connectivity index (χ4v) is 3.05. The highest BCUT2D eigenvalue weighted by molar-refractivity contribution is 5.78. The van der Waals surface area contributed by atoms with Gasteiger partial charge in [0.1, 0.15) is 5.75 Å². The molecule has 0 bridgehead atoms. The zero-order valence-electron chi connectivity index (χ0n) is 15.5. The standard InChI is InChI=1S/C21H26N2O3/c1-22(21(24)15-17-5-9-20(25-2)10-6-17)16-18-3-7-19(8-4-18)23-11-13-26-14-12-23/h3-10H,11-16H2,1-2H3. The molecule has 0 spiro atoms. The summed E-state index contributed by atoms with van der Waals surface area (Å²) in [4.78, 5) is 16.6. The van der Waals surface area contributed by atoms with Crippen LogP contribution in [0.4, 0.5) is 5.69 Å². The van der Waals surface area contributed by atoms with Crippen molar-refractivity contribution in [3.05, 3.63) is 59.7 Å². The fraction of sp³-hybridized carbons (Fsp3) is 0.381. The molecule has 1 saturated heterocycles. The summed E-state index contributed by atoms with van der Waals surface area (Å²) in [6.45, 7) is 4.03. The first-order valence-corrected chi connectivity index (χ1v) is 8.94. The van der Waals surface area contributed by atoms with Crippen LogP contribution in [-0.4, -0.2) is 51.3 Å². The van der Waals surface area contributed by atoms with E-state index in [0.29, 0.717) is 13.0 Å². The molecule has 138 valence electrons. The van der Waals surface area contributed by atoms with E-state index in [0.717, 1.165) is 43.2 Å². The molecule has 0 N–H and O–H groups in total. The number of methoxy groups -OCH3 is 1. The van der Waals surface area contributed by atoms with E-state index in [9.17, 15) is 4.79 Å². The molecular weight excluding hydrogens is 328 g/mol. The van der Waals surface area contributed by atoms with E-state index in [1.54, 1.807) is 12.0 Å². The van der Waals surface area contributed by atoms with Gasteiger partial charge in [-0.2, -0.15) is 0 Å². The van der Waals surface area contributed by atoms with Gasteiger partial charge in [0, 0.05) is 32.4 Å². The van der Waals surface area contributed by atoms with Crippen molar-refractivity contribution in [2.45, 2.75) is 13.0 Å². The molecule has 0 aliphatic carbocycles. The van der Waals surface area contributed by atoms with Crippen LogP contribution in [0.2, 0.25) is 0 Å². The van der Waals surface area contributed by atoms with E-state index in [-0.39, 0.29) is 5.91 Å². The second-order valence-electron chi connectivity index (χ2n) is 6.54. The highest BCUT2D eigenvalue weighted by Crippen LogP contribution is 2.18. The van der Waals surface area contributed by atoms with Gasteiger partial charge in [-0.05, 0) is 35.4 Å². The topological polar surface area (TPSA) is 42.0 Å². The minimum absolute atomic E-state index is 0.104. The van der Waals surface area contributed by atoms with E-state index >= 15 is 0 Å². The molecule has 2 aromatic rings. The first-order chi connectivity index (χ1) is 12.7. The Labute approximate surface area is 155 Å². The number of benzene rings is 2. The lowest BCUT2D eigenvalue weighted by atomic mass is 10.1.